The number of nitrogen functional groups attached to an aromatic ring is 1. The number of anilines is 3. The van der Waals surface area contributed by atoms with Crippen LogP contribution in [-0.4, -0.2) is 15.5 Å². The molecule has 0 spiro atoms. The van der Waals surface area contributed by atoms with Crippen LogP contribution < -0.4 is 16.2 Å². The lowest BCUT2D eigenvalue weighted by Crippen LogP contribution is -2.15. The Morgan fingerprint density at radius 1 is 1.19 bits per heavy atom. The zero-order valence-corrected chi connectivity index (χ0v) is 12.4. The van der Waals surface area contributed by atoms with Gasteiger partial charge in [0.2, 0.25) is 10.0 Å². The molecule has 5 N–H and O–H groups in total. The molecule has 21 heavy (non-hydrogen) atoms. The molecule has 0 heterocycles. The third-order valence-electron chi connectivity index (χ3n) is 2.89. The Morgan fingerprint density at radius 2 is 1.90 bits per heavy atom. The van der Waals surface area contributed by atoms with Crippen LogP contribution in [0.3, 0.4) is 0 Å². The summed E-state index contributed by atoms with van der Waals surface area (Å²) in [4.78, 5) is -0.0967. The minimum Gasteiger partial charge on any atom is -0.396 e. The summed E-state index contributed by atoms with van der Waals surface area (Å²) in [5.41, 5.74) is 8.21. The van der Waals surface area contributed by atoms with Crippen molar-refractivity contribution in [2.75, 3.05) is 18.2 Å². The summed E-state index contributed by atoms with van der Waals surface area (Å²) >= 11 is 0. The van der Waals surface area contributed by atoms with Gasteiger partial charge in [-0.05, 0) is 29.8 Å². The number of hydrogen-bond acceptors (Lipinski definition) is 5. The average molecular weight is 307 g/mol. The van der Waals surface area contributed by atoms with Gasteiger partial charge in [0.25, 0.3) is 0 Å². The average Bonchev–Trinajstić information content (AvgIpc) is 2.41. The molecule has 0 unspecified atom stereocenters. The van der Waals surface area contributed by atoms with Crippen LogP contribution in [0.25, 0.3) is 0 Å². The SMILES string of the molecule is COCc1cccc(Nc2cccc(S(N)(=O)=O)c2N)c1. The Bertz CT molecular complexity index is 745. The van der Waals surface area contributed by atoms with E-state index in [1.54, 1.807) is 19.2 Å². The van der Waals surface area contributed by atoms with Crippen LogP contribution in [0.1, 0.15) is 5.56 Å². The fraction of sp³-hybridized carbons (Fsp3) is 0.143. The topological polar surface area (TPSA) is 107 Å². The number of nitrogens with two attached hydrogens (primary N) is 2. The number of rotatable bonds is 5. The molecule has 0 atom stereocenters. The summed E-state index contributed by atoms with van der Waals surface area (Å²) in [5.74, 6) is 0. The highest BCUT2D eigenvalue weighted by atomic mass is 32.2. The molecule has 0 bridgehead atoms. The lowest BCUT2D eigenvalue weighted by atomic mass is 10.2. The number of benzene rings is 2. The van der Waals surface area contributed by atoms with Gasteiger partial charge in [0.05, 0.1) is 18.0 Å². The van der Waals surface area contributed by atoms with Crippen molar-refractivity contribution in [2.45, 2.75) is 11.5 Å². The molecule has 0 aliphatic carbocycles. The second kappa shape index (κ2) is 6.13. The van der Waals surface area contributed by atoms with E-state index in [4.69, 9.17) is 15.6 Å². The first kappa shape index (κ1) is 15.3. The van der Waals surface area contributed by atoms with Crippen LogP contribution in [-0.2, 0) is 21.4 Å². The lowest BCUT2D eigenvalue weighted by molar-refractivity contribution is 0.185. The monoisotopic (exact) mass is 307 g/mol. The summed E-state index contributed by atoms with van der Waals surface area (Å²) in [5, 5.41) is 8.21. The maximum atomic E-state index is 11.5. The molecule has 2 rings (SSSR count). The normalized spacial score (nSPS) is 11.3. The molecule has 6 nitrogen and oxygen atoms in total. The smallest absolute Gasteiger partial charge is 0.240 e. The van der Waals surface area contributed by atoms with Crippen molar-refractivity contribution in [3.8, 4) is 0 Å². The molecular weight excluding hydrogens is 290 g/mol. The van der Waals surface area contributed by atoms with Crippen LogP contribution in [0.4, 0.5) is 17.1 Å². The molecule has 2 aromatic rings. The summed E-state index contributed by atoms with van der Waals surface area (Å²) in [6, 6.07) is 12.2. The number of ether oxygens (including phenoxy) is 1. The highest BCUT2D eigenvalue weighted by molar-refractivity contribution is 7.89. The van der Waals surface area contributed by atoms with Gasteiger partial charge < -0.3 is 15.8 Å². The fourth-order valence-electron chi connectivity index (χ4n) is 1.96. The van der Waals surface area contributed by atoms with Crippen LogP contribution in [0.2, 0.25) is 0 Å². The van der Waals surface area contributed by atoms with Gasteiger partial charge in [0, 0.05) is 12.8 Å². The van der Waals surface area contributed by atoms with Crippen molar-refractivity contribution in [3.05, 3.63) is 48.0 Å². The predicted molar refractivity (Wildman–Crippen MR) is 82.7 cm³/mol. The molecule has 0 amide bonds. The van der Waals surface area contributed by atoms with Crippen molar-refractivity contribution in [1.29, 1.82) is 0 Å². The zero-order valence-electron chi connectivity index (χ0n) is 11.5. The minimum absolute atomic E-state index is 0.0946. The van der Waals surface area contributed by atoms with Gasteiger partial charge in [-0.25, -0.2) is 13.6 Å². The highest BCUT2D eigenvalue weighted by Gasteiger charge is 2.14. The fourth-order valence-corrected chi connectivity index (χ4v) is 2.65. The van der Waals surface area contributed by atoms with Gasteiger partial charge in [-0.2, -0.15) is 0 Å². The first-order valence-electron chi connectivity index (χ1n) is 6.18. The van der Waals surface area contributed by atoms with Crippen LogP contribution in [0, 0.1) is 0 Å². The summed E-state index contributed by atoms with van der Waals surface area (Å²) in [7, 11) is -2.23. The molecule has 0 aliphatic heterocycles. The quantitative estimate of drug-likeness (QED) is 0.730. The van der Waals surface area contributed by atoms with Gasteiger partial charge in [0.15, 0.2) is 0 Å². The van der Waals surface area contributed by atoms with Crippen LogP contribution in [0.5, 0.6) is 0 Å². The van der Waals surface area contributed by atoms with Gasteiger partial charge in [-0.15, -0.1) is 0 Å². The predicted octanol–water partition coefficient (Wildman–Crippen LogP) is 1.81. The largest absolute Gasteiger partial charge is 0.396 e. The lowest BCUT2D eigenvalue weighted by Gasteiger charge is -2.12. The second-order valence-corrected chi connectivity index (χ2v) is 6.05. The van der Waals surface area contributed by atoms with Crippen molar-refractivity contribution in [1.82, 2.24) is 0 Å². The molecule has 0 aliphatic rings. The summed E-state index contributed by atoms with van der Waals surface area (Å²) in [6.07, 6.45) is 0. The van der Waals surface area contributed by atoms with Crippen LogP contribution >= 0.6 is 0 Å². The molecule has 0 saturated carbocycles. The number of primary sulfonamides is 1. The third kappa shape index (κ3) is 3.72. The van der Waals surface area contributed by atoms with Gasteiger partial charge in [-0.3, -0.25) is 0 Å². The Kier molecular flexibility index (Phi) is 4.46. The number of methoxy groups -OCH3 is 1. The van der Waals surface area contributed by atoms with E-state index in [-0.39, 0.29) is 10.6 Å². The first-order chi connectivity index (χ1) is 9.91. The van der Waals surface area contributed by atoms with Gasteiger partial charge >= 0.3 is 0 Å². The van der Waals surface area contributed by atoms with Crippen molar-refractivity contribution in [2.24, 2.45) is 5.14 Å². The van der Waals surface area contributed by atoms with E-state index in [0.29, 0.717) is 12.3 Å². The standard InChI is InChI=1S/C14H17N3O3S/c1-20-9-10-4-2-5-11(8-10)17-12-6-3-7-13(14(12)15)21(16,18)19/h2-8,17H,9,15H2,1H3,(H2,16,18,19). The highest BCUT2D eigenvalue weighted by Crippen LogP contribution is 2.28. The number of hydrogen-bond donors (Lipinski definition) is 3. The Morgan fingerprint density at radius 3 is 2.57 bits per heavy atom. The zero-order chi connectivity index (χ0) is 15.5. The van der Waals surface area contributed by atoms with E-state index in [2.05, 4.69) is 5.32 Å². The molecule has 7 heteroatoms. The van der Waals surface area contributed by atoms with Gasteiger partial charge in [-0.1, -0.05) is 18.2 Å². The maximum absolute atomic E-state index is 11.5. The summed E-state index contributed by atoms with van der Waals surface area (Å²) < 4.78 is 28.0. The molecule has 0 radical (unpaired) electrons. The van der Waals surface area contributed by atoms with Gasteiger partial charge in [0.1, 0.15) is 4.90 Å². The molecule has 0 aromatic heterocycles. The Labute approximate surface area is 123 Å². The molecule has 0 fully saturated rings. The van der Waals surface area contributed by atoms with Crippen molar-refractivity contribution < 1.29 is 13.2 Å². The van der Waals surface area contributed by atoms with Crippen LogP contribution in [0.15, 0.2) is 47.4 Å². The van der Waals surface area contributed by atoms with E-state index >= 15 is 0 Å². The van der Waals surface area contributed by atoms with E-state index < -0.39 is 10.0 Å². The number of sulfonamides is 1. The maximum Gasteiger partial charge on any atom is 0.240 e. The Balaban J connectivity index is 2.34. The molecule has 112 valence electrons. The third-order valence-corrected chi connectivity index (χ3v) is 3.86. The number of nitrogens with one attached hydrogen (secondary N) is 1. The van der Waals surface area contributed by atoms with Crippen molar-refractivity contribution >= 4 is 27.1 Å². The molecule has 0 saturated heterocycles. The first-order valence-corrected chi connectivity index (χ1v) is 7.72. The number of para-hydroxylation sites is 1. The van der Waals surface area contributed by atoms with E-state index in [0.717, 1.165) is 11.3 Å². The molecular formula is C14H17N3O3S. The van der Waals surface area contributed by atoms with E-state index in [9.17, 15) is 8.42 Å². The van der Waals surface area contributed by atoms with E-state index in [1.807, 2.05) is 24.3 Å². The molecule has 2 aromatic carbocycles. The van der Waals surface area contributed by atoms with E-state index in [1.165, 1.54) is 6.07 Å². The Hall–Kier alpha value is -2.09. The minimum atomic E-state index is -3.85. The summed E-state index contributed by atoms with van der Waals surface area (Å²) in [6.45, 7) is 0.488. The van der Waals surface area contributed by atoms with Crippen molar-refractivity contribution in [3.63, 3.8) is 0 Å². The second-order valence-electron chi connectivity index (χ2n) is 4.52.